The lowest BCUT2D eigenvalue weighted by atomic mass is 9.99. The quantitative estimate of drug-likeness (QED) is 0.400. The summed E-state index contributed by atoms with van der Waals surface area (Å²) < 4.78 is 69.3. The van der Waals surface area contributed by atoms with E-state index in [0.717, 1.165) is 16.8 Å². The van der Waals surface area contributed by atoms with Gasteiger partial charge in [-0.15, -0.1) is 0 Å². The molecule has 7 nitrogen and oxygen atoms in total. The number of nitrogens with zero attached hydrogens (tertiary/aromatic N) is 2. The van der Waals surface area contributed by atoms with E-state index in [0.29, 0.717) is 37.2 Å². The van der Waals surface area contributed by atoms with Crippen LogP contribution in [0.3, 0.4) is 0 Å². The average molecular weight is 572 g/mol. The molecule has 0 saturated carbocycles. The molecule has 2 heterocycles. The molecule has 1 fully saturated rings. The molecule has 11 heteroatoms. The molecule has 0 unspecified atom stereocenters. The number of sulfonamides is 1. The Labute approximate surface area is 230 Å². The largest absolute Gasteiger partial charge is 0.417 e. The number of rotatable bonds is 8. The van der Waals surface area contributed by atoms with Gasteiger partial charge in [0.1, 0.15) is 6.04 Å². The van der Waals surface area contributed by atoms with Crippen molar-refractivity contribution in [3.05, 3.63) is 83.9 Å². The predicted octanol–water partition coefficient (Wildman–Crippen LogP) is 4.62. The first kappa shape index (κ1) is 27.7. The molecule has 0 spiro atoms. The van der Waals surface area contributed by atoms with Crippen molar-refractivity contribution in [2.24, 2.45) is 0 Å². The van der Waals surface area contributed by atoms with Crippen LogP contribution in [0.25, 0.3) is 11.1 Å². The van der Waals surface area contributed by atoms with Crippen molar-refractivity contribution in [2.75, 3.05) is 23.9 Å². The molecule has 2 aliphatic rings. The Kier molecular flexibility index (Phi) is 7.59. The molecule has 3 aromatic rings. The molecule has 5 rings (SSSR count). The van der Waals surface area contributed by atoms with Crippen molar-refractivity contribution in [2.45, 2.75) is 42.8 Å². The fourth-order valence-corrected chi connectivity index (χ4v) is 6.95. The van der Waals surface area contributed by atoms with Crippen LogP contribution in [0.15, 0.2) is 77.7 Å². The second-order valence-electron chi connectivity index (χ2n) is 9.85. The lowest BCUT2D eigenvalue weighted by molar-refractivity contribution is -0.137. The van der Waals surface area contributed by atoms with Gasteiger partial charge in [-0.2, -0.15) is 13.2 Å². The van der Waals surface area contributed by atoms with E-state index in [9.17, 15) is 31.2 Å². The van der Waals surface area contributed by atoms with Crippen molar-refractivity contribution >= 4 is 27.5 Å². The van der Waals surface area contributed by atoms with Crippen molar-refractivity contribution in [1.29, 1.82) is 0 Å². The molecule has 1 atom stereocenters. The van der Waals surface area contributed by atoms with Gasteiger partial charge in [-0.25, -0.2) is 8.42 Å². The van der Waals surface area contributed by atoms with Gasteiger partial charge in [0.15, 0.2) is 0 Å². The van der Waals surface area contributed by atoms with Gasteiger partial charge in [-0.05, 0) is 53.8 Å². The van der Waals surface area contributed by atoms with E-state index in [2.05, 4.69) is 5.32 Å². The third-order valence-corrected chi connectivity index (χ3v) is 9.10. The van der Waals surface area contributed by atoms with E-state index in [1.165, 1.54) is 42.5 Å². The average Bonchev–Trinajstić information content (AvgIpc) is 3.54. The summed E-state index contributed by atoms with van der Waals surface area (Å²) in [7, 11) is -4.24. The smallest absolute Gasteiger partial charge is 0.354 e. The summed E-state index contributed by atoms with van der Waals surface area (Å²) in [6.45, 7) is 1.52. The number of halogens is 3. The highest BCUT2D eigenvalue weighted by Gasteiger charge is 2.42. The zero-order valence-electron chi connectivity index (χ0n) is 21.5. The van der Waals surface area contributed by atoms with E-state index in [1.54, 1.807) is 29.2 Å². The Bertz CT molecular complexity index is 1520. The van der Waals surface area contributed by atoms with Crippen LogP contribution in [0.2, 0.25) is 0 Å². The molecule has 2 aliphatic heterocycles. The van der Waals surface area contributed by atoms with Gasteiger partial charge in [0.2, 0.25) is 11.8 Å². The first-order valence-electron chi connectivity index (χ1n) is 13.0. The first-order chi connectivity index (χ1) is 19.1. The molecule has 0 radical (unpaired) electrons. The van der Waals surface area contributed by atoms with Gasteiger partial charge >= 0.3 is 6.18 Å². The standard InChI is InChI=1S/C29H28F3N3O4S/c30-29(31,32)24-9-3-2-8-23(24)20-12-14-22(15-13-20)40(38,39)35-25-10-4-1-7-21(25)19-26(35)28(37)33-16-6-18-34-17-5-11-27(34)36/h1-4,7-10,12-15,26H,5-6,11,16-19H2,(H,33,37)/t26-/m0/s1. The highest BCUT2D eigenvalue weighted by atomic mass is 32.2. The highest BCUT2D eigenvalue weighted by Crippen LogP contribution is 2.39. The van der Waals surface area contributed by atoms with Crippen LogP contribution in [0.4, 0.5) is 18.9 Å². The lowest BCUT2D eigenvalue weighted by Gasteiger charge is -2.26. The number of anilines is 1. The number of nitrogens with one attached hydrogen (secondary N) is 1. The van der Waals surface area contributed by atoms with Crippen LogP contribution >= 0.6 is 0 Å². The van der Waals surface area contributed by atoms with Gasteiger partial charge in [-0.1, -0.05) is 48.5 Å². The molecule has 1 saturated heterocycles. The number of amides is 2. The summed E-state index contributed by atoms with van der Waals surface area (Å²) in [5.41, 5.74) is 0.434. The lowest BCUT2D eigenvalue weighted by Crippen LogP contribution is -2.48. The summed E-state index contributed by atoms with van der Waals surface area (Å²) >= 11 is 0. The highest BCUT2D eigenvalue weighted by molar-refractivity contribution is 7.93. The zero-order valence-corrected chi connectivity index (χ0v) is 22.3. The summed E-state index contributed by atoms with van der Waals surface area (Å²) in [6.07, 6.45) is -2.47. The Balaban J connectivity index is 1.37. The van der Waals surface area contributed by atoms with Crippen LogP contribution in [0, 0.1) is 0 Å². The predicted molar refractivity (Wildman–Crippen MR) is 144 cm³/mol. The topological polar surface area (TPSA) is 86.8 Å². The van der Waals surface area contributed by atoms with Crippen molar-refractivity contribution in [3.8, 4) is 11.1 Å². The number of hydrogen-bond donors (Lipinski definition) is 1. The fraction of sp³-hybridized carbons (Fsp3) is 0.310. The Morgan fingerprint density at radius 2 is 1.68 bits per heavy atom. The summed E-state index contributed by atoms with van der Waals surface area (Å²) in [6, 6.07) is 16.1. The van der Waals surface area contributed by atoms with Crippen molar-refractivity contribution in [3.63, 3.8) is 0 Å². The monoisotopic (exact) mass is 571 g/mol. The third kappa shape index (κ3) is 5.42. The maximum absolute atomic E-state index is 13.8. The van der Waals surface area contributed by atoms with E-state index >= 15 is 0 Å². The zero-order chi connectivity index (χ0) is 28.5. The van der Waals surface area contributed by atoms with Gasteiger partial charge in [-0.3, -0.25) is 13.9 Å². The van der Waals surface area contributed by atoms with Crippen LogP contribution in [0.5, 0.6) is 0 Å². The van der Waals surface area contributed by atoms with Gasteiger partial charge < -0.3 is 10.2 Å². The Morgan fingerprint density at radius 3 is 2.38 bits per heavy atom. The van der Waals surface area contributed by atoms with E-state index < -0.39 is 33.7 Å². The number of hydrogen-bond acceptors (Lipinski definition) is 4. The second kappa shape index (κ2) is 11.0. The fourth-order valence-electron chi connectivity index (χ4n) is 5.30. The Hall–Kier alpha value is -3.86. The number of carbonyl (C=O) groups excluding carboxylic acids is 2. The van der Waals surface area contributed by atoms with E-state index in [-0.39, 0.29) is 34.9 Å². The molecular weight excluding hydrogens is 543 g/mol. The van der Waals surface area contributed by atoms with Gasteiger partial charge in [0.25, 0.3) is 10.0 Å². The number of benzene rings is 3. The summed E-state index contributed by atoms with van der Waals surface area (Å²) in [5.74, 6) is -0.356. The van der Waals surface area contributed by atoms with Gasteiger partial charge in [0, 0.05) is 32.5 Å². The third-order valence-electron chi connectivity index (χ3n) is 7.26. The molecule has 1 N–H and O–H groups in total. The van der Waals surface area contributed by atoms with Crippen molar-refractivity contribution < 1.29 is 31.2 Å². The first-order valence-corrected chi connectivity index (χ1v) is 14.5. The maximum atomic E-state index is 13.8. The molecule has 0 aromatic heterocycles. The molecular formula is C29H28F3N3O4S. The molecule has 0 aliphatic carbocycles. The minimum Gasteiger partial charge on any atom is -0.354 e. The number of para-hydroxylation sites is 1. The Morgan fingerprint density at radius 1 is 0.975 bits per heavy atom. The number of carbonyl (C=O) groups is 2. The molecule has 3 aromatic carbocycles. The SMILES string of the molecule is O=C(NCCCN1CCCC1=O)[C@@H]1Cc2ccccc2N1S(=O)(=O)c1ccc(-c2ccccc2C(F)(F)F)cc1. The molecule has 210 valence electrons. The minimum absolute atomic E-state index is 0.0571. The number of likely N-dealkylation sites (tertiary alicyclic amines) is 1. The molecule has 2 amide bonds. The molecule has 0 bridgehead atoms. The number of alkyl halides is 3. The number of fused-ring (bicyclic) bond motifs is 1. The maximum Gasteiger partial charge on any atom is 0.417 e. The molecule has 40 heavy (non-hydrogen) atoms. The van der Waals surface area contributed by atoms with Crippen molar-refractivity contribution in [1.82, 2.24) is 10.2 Å². The second-order valence-corrected chi connectivity index (χ2v) is 11.7. The van der Waals surface area contributed by atoms with Crippen LogP contribution in [0.1, 0.15) is 30.4 Å². The van der Waals surface area contributed by atoms with E-state index in [1.807, 2.05) is 0 Å². The van der Waals surface area contributed by atoms with Gasteiger partial charge in [0.05, 0.1) is 16.1 Å². The van der Waals surface area contributed by atoms with E-state index in [4.69, 9.17) is 0 Å². The van der Waals surface area contributed by atoms with Crippen LogP contribution < -0.4 is 9.62 Å². The summed E-state index contributed by atoms with van der Waals surface area (Å²) in [5, 5.41) is 2.81. The normalized spacial score (nSPS) is 17.3. The van der Waals surface area contributed by atoms with Crippen LogP contribution in [-0.4, -0.2) is 50.8 Å². The minimum atomic E-state index is -4.56. The van der Waals surface area contributed by atoms with Crippen LogP contribution in [-0.2, 0) is 32.2 Å². The summed E-state index contributed by atoms with van der Waals surface area (Å²) in [4.78, 5) is 26.7.